The van der Waals surface area contributed by atoms with Gasteiger partial charge in [-0.3, -0.25) is 4.99 Å². The van der Waals surface area contributed by atoms with Crippen LogP contribution in [0.2, 0.25) is 0 Å². The minimum absolute atomic E-state index is 0.162. The zero-order chi connectivity index (χ0) is 14.4. The van der Waals surface area contributed by atoms with Crippen LogP contribution in [0.25, 0.3) is 16.7 Å². The van der Waals surface area contributed by atoms with Gasteiger partial charge in [0.05, 0.1) is 18.5 Å². The van der Waals surface area contributed by atoms with E-state index in [0.29, 0.717) is 6.42 Å². The molecule has 2 aromatic rings. The highest BCUT2D eigenvalue weighted by Crippen LogP contribution is 2.43. The summed E-state index contributed by atoms with van der Waals surface area (Å²) in [5.74, 6) is 0. The summed E-state index contributed by atoms with van der Waals surface area (Å²) in [6, 6.07) is 6.30. The van der Waals surface area contributed by atoms with Crippen LogP contribution in [0.3, 0.4) is 0 Å². The summed E-state index contributed by atoms with van der Waals surface area (Å²) in [6.45, 7) is 4.03. The lowest BCUT2D eigenvalue weighted by Gasteiger charge is -2.18. The summed E-state index contributed by atoms with van der Waals surface area (Å²) in [5, 5.41) is 11.5. The number of rotatable bonds is 3. The van der Waals surface area contributed by atoms with Gasteiger partial charge >= 0.3 is 0 Å². The molecule has 4 nitrogen and oxygen atoms in total. The lowest BCUT2D eigenvalue weighted by Crippen LogP contribution is -2.20. The Labute approximate surface area is 127 Å². The normalized spacial score (nSPS) is 17.8. The minimum Gasteiger partial charge on any atom is -0.464 e. The largest absolute Gasteiger partial charge is 0.464 e. The SMILES string of the molecule is Cc1cc(C2=C(CCO)SC3=NCCN32)cc2occc12. The zero-order valence-electron chi connectivity index (χ0n) is 11.8. The molecule has 1 aromatic heterocycles. The smallest absolute Gasteiger partial charge is 0.168 e. The van der Waals surface area contributed by atoms with Gasteiger partial charge in [-0.1, -0.05) is 11.8 Å². The molecule has 0 spiro atoms. The highest BCUT2D eigenvalue weighted by Gasteiger charge is 2.32. The third-order valence-electron chi connectivity index (χ3n) is 3.94. The van der Waals surface area contributed by atoms with Crippen LogP contribution in [0, 0.1) is 6.92 Å². The van der Waals surface area contributed by atoms with E-state index < -0.39 is 0 Å². The monoisotopic (exact) mass is 300 g/mol. The highest BCUT2D eigenvalue weighted by molar-refractivity contribution is 8.17. The predicted octanol–water partition coefficient (Wildman–Crippen LogP) is 3.21. The van der Waals surface area contributed by atoms with Crippen molar-refractivity contribution in [3.05, 3.63) is 40.5 Å². The van der Waals surface area contributed by atoms with Gasteiger partial charge in [-0.2, -0.15) is 0 Å². The van der Waals surface area contributed by atoms with Crippen molar-refractivity contribution < 1.29 is 9.52 Å². The maximum absolute atomic E-state index is 9.32. The molecule has 0 radical (unpaired) electrons. The number of aliphatic hydroxyl groups excluding tert-OH is 1. The fourth-order valence-electron chi connectivity index (χ4n) is 3.01. The maximum atomic E-state index is 9.32. The van der Waals surface area contributed by atoms with Gasteiger partial charge in [-0.25, -0.2) is 0 Å². The van der Waals surface area contributed by atoms with Crippen molar-refractivity contribution >= 4 is 33.6 Å². The molecule has 0 saturated carbocycles. The molecule has 0 fully saturated rings. The fraction of sp³-hybridized carbons (Fsp3) is 0.312. The Bertz CT molecular complexity index is 776. The number of hydrogen-bond donors (Lipinski definition) is 1. The van der Waals surface area contributed by atoms with E-state index in [1.165, 1.54) is 16.2 Å². The first-order valence-electron chi connectivity index (χ1n) is 7.10. The van der Waals surface area contributed by atoms with Crippen molar-refractivity contribution in [3.8, 4) is 0 Å². The van der Waals surface area contributed by atoms with E-state index in [1.807, 2.05) is 6.07 Å². The molecule has 0 bridgehead atoms. The van der Waals surface area contributed by atoms with Crippen molar-refractivity contribution in [1.82, 2.24) is 4.90 Å². The summed E-state index contributed by atoms with van der Waals surface area (Å²) in [7, 11) is 0. The average Bonchev–Trinajstić information content (AvgIpc) is 3.13. The van der Waals surface area contributed by atoms with E-state index in [1.54, 1.807) is 18.0 Å². The van der Waals surface area contributed by atoms with Crippen molar-refractivity contribution in [2.75, 3.05) is 19.7 Å². The Balaban J connectivity index is 1.87. The molecule has 0 atom stereocenters. The second-order valence-corrected chi connectivity index (χ2v) is 6.35. The molecule has 0 amide bonds. The van der Waals surface area contributed by atoms with Gasteiger partial charge in [-0.05, 0) is 30.7 Å². The van der Waals surface area contributed by atoms with Gasteiger partial charge in [0.1, 0.15) is 5.58 Å². The summed E-state index contributed by atoms with van der Waals surface area (Å²) in [4.78, 5) is 8.00. The second-order valence-electron chi connectivity index (χ2n) is 5.29. The van der Waals surface area contributed by atoms with Crippen molar-refractivity contribution in [3.63, 3.8) is 0 Å². The van der Waals surface area contributed by atoms with Gasteiger partial charge in [0.2, 0.25) is 0 Å². The maximum Gasteiger partial charge on any atom is 0.168 e. The van der Waals surface area contributed by atoms with Crippen LogP contribution in [0.1, 0.15) is 17.5 Å². The Morgan fingerprint density at radius 2 is 2.33 bits per heavy atom. The molecule has 1 aromatic carbocycles. The van der Waals surface area contributed by atoms with Crippen LogP contribution < -0.4 is 0 Å². The molecular formula is C16H16N2O2S. The number of nitrogens with zero attached hydrogens (tertiary/aromatic N) is 2. The van der Waals surface area contributed by atoms with E-state index >= 15 is 0 Å². The van der Waals surface area contributed by atoms with E-state index in [2.05, 4.69) is 28.9 Å². The third kappa shape index (κ3) is 2.00. The molecule has 5 heteroatoms. The van der Waals surface area contributed by atoms with E-state index in [-0.39, 0.29) is 6.61 Å². The third-order valence-corrected chi connectivity index (χ3v) is 5.12. The Morgan fingerprint density at radius 3 is 3.19 bits per heavy atom. The molecule has 3 heterocycles. The molecule has 0 unspecified atom stereocenters. The molecule has 4 rings (SSSR count). The van der Waals surface area contributed by atoms with E-state index in [4.69, 9.17) is 4.42 Å². The molecule has 2 aliphatic heterocycles. The van der Waals surface area contributed by atoms with Gasteiger partial charge in [0.25, 0.3) is 0 Å². The predicted molar refractivity (Wildman–Crippen MR) is 86.2 cm³/mol. The number of furan rings is 1. The van der Waals surface area contributed by atoms with Gasteiger partial charge in [0.15, 0.2) is 5.17 Å². The quantitative estimate of drug-likeness (QED) is 0.945. The first-order chi connectivity index (χ1) is 10.3. The minimum atomic E-state index is 0.162. The first kappa shape index (κ1) is 13.0. The Morgan fingerprint density at radius 1 is 1.43 bits per heavy atom. The molecule has 1 N–H and O–H groups in total. The number of thioether (sulfide) groups is 1. The van der Waals surface area contributed by atoms with E-state index in [9.17, 15) is 5.11 Å². The van der Waals surface area contributed by atoms with Crippen LogP contribution in [-0.2, 0) is 0 Å². The molecule has 2 aliphatic rings. The topological polar surface area (TPSA) is 49.0 Å². The number of hydrogen-bond acceptors (Lipinski definition) is 5. The van der Waals surface area contributed by atoms with Gasteiger partial charge in [0, 0.05) is 35.4 Å². The molecule has 108 valence electrons. The Hall–Kier alpha value is -1.72. The number of amidine groups is 1. The second kappa shape index (κ2) is 4.93. The summed E-state index contributed by atoms with van der Waals surface area (Å²) >= 11 is 1.69. The number of fused-ring (bicyclic) bond motifs is 2. The molecule has 0 saturated heterocycles. The van der Waals surface area contributed by atoms with Crippen molar-refractivity contribution in [1.29, 1.82) is 0 Å². The number of aliphatic hydroxyl groups is 1. The zero-order valence-corrected chi connectivity index (χ0v) is 12.6. The summed E-state index contributed by atoms with van der Waals surface area (Å²) in [6.07, 6.45) is 2.40. The van der Waals surface area contributed by atoms with Crippen LogP contribution in [0.15, 0.2) is 38.8 Å². The Kier molecular flexibility index (Phi) is 3.05. The molecule has 21 heavy (non-hydrogen) atoms. The van der Waals surface area contributed by atoms with Crippen LogP contribution in [0.5, 0.6) is 0 Å². The lowest BCUT2D eigenvalue weighted by atomic mass is 10.0. The highest BCUT2D eigenvalue weighted by atomic mass is 32.2. The van der Waals surface area contributed by atoms with Gasteiger partial charge < -0.3 is 14.4 Å². The fourth-order valence-corrected chi connectivity index (χ4v) is 4.19. The van der Waals surface area contributed by atoms with Crippen LogP contribution in [0.4, 0.5) is 0 Å². The first-order valence-corrected chi connectivity index (χ1v) is 7.91. The van der Waals surface area contributed by atoms with Crippen molar-refractivity contribution in [2.24, 2.45) is 4.99 Å². The molecule has 0 aliphatic carbocycles. The average molecular weight is 300 g/mol. The summed E-state index contributed by atoms with van der Waals surface area (Å²) < 4.78 is 5.58. The lowest BCUT2D eigenvalue weighted by molar-refractivity contribution is 0.301. The number of benzene rings is 1. The summed E-state index contributed by atoms with van der Waals surface area (Å²) in [5.41, 5.74) is 4.46. The van der Waals surface area contributed by atoms with Gasteiger partial charge in [-0.15, -0.1) is 0 Å². The van der Waals surface area contributed by atoms with Crippen LogP contribution >= 0.6 is 11.8 Å². The number of aliphatic imine (C=N–C) groups is 1. The molecular weight excluding hydrogens is 284 g/mol. The van der Waals surface area contributed by atoms with Crippen LogP contribution in [-0.4, -0.2) is 34.9 Å². The van der Waals surface area contributed by atoms with Crippen molar-refractivity contribution in [2.45, 2.75) is 13.3 Å². The number of aryl methyl sites for hydroxylation is 1. The standard InChI is InChI=1S/C16H16N2O2S/c1-10-8-11(9-13-12(10)3-7-20-13)15-14(2-6-19)21-16-17-4-5-18(15)16/h3,7-9,19H,2,4-6H2,1H3. The van der Waals surface area contributed by atoms with E-state index in [0.717, 1.165) is 34.8 Å².